The van der Waals surface area contributed by atoms with Gasteiger partial charge < -0.3 is 16.2 Å². The van der Waals surface area contributed by atoms with Gasteiger partial charge in [0.05, 0.1) is 6.61 Å². The van der Waals surface area contributed by atoms with Crippen LogP contribution in [-0.4, -0.2) is 19.1 Å². The number of hydrogen-bond donors (Lipinski definition) is 2. The van der Waals surface area contributed by atoms with Crippen molar-refractivity contribution in [1.29, 1.82) is 0 Å². The third kappa shape index (κ3) is 7.78. The second-order valence-electron chi connectivity index (χ2n) is 3.32. The number of benzene rings is 1. The zero-order valence-electron chi connectivity index (χ0n) is 9.43. The van der Waals surface area contributed by atoms with Gasteiger partial charge >= 0.3 is 0 Å². The lowest BCUT2D eigenvalue weighted by atomic mass is 10.3. The molecular weight excluding hydrogens is 336 g/mol. The topological polar surface area (TPSA) is 73.6 Å². The molecule has 0 aromatic heterocycles. The lowest BCUT2D eigenvalue weighted by Crippen LogP contribution is -2.23. The number of nitrogens with two attached hydrogens (primary N) is 2. The number of ether oxygens (including phenoxy) is 1. The van der Waals surface area contributed by atoms with Gasteiger partial charge in [0.25, 0.3) is 0 Å². The van der Waals surface area contributed by atoms with Gasteiger partial charge in [0, 0.05) is 6.54 Å². The zero-order valence-corrected chi connectivity index (χ0v) is 11.8. The van der Waals surface area contributed by atoms with Gasteiger partial charge in [-0.1, -0.05) is 0 Å². The molecule has 96 valence electrons. The van der Waals surface area contributed by atoms with Crippen LogP contribution in [0, 0.1) is 5.82 Å². The molecule has 4 N–H and O–H groups in total. The normalized spacial score (nSPS) is 9.24. The Morgan fingerprint density at radius 3 is 2.41 bits per heavy atom. The van der Waals surface area contributed by atoms with Crippen LogP contribution >= 0.6 is 24.0 Å². The molecule has 0 aliphatic rings. The second-order valence-corrected chi connectivity index (χ2v) is 3.32. The van der Waals surface area contributed by atoms with Crippen LogP contribution in [0.3, 0.4) is 0 Å². The Balaban J connectivity index is 0.00000256. The van der Waals surface area contributed by atoms with Gasteiger partial charge in [-0.2, -0.15) is 0 Å². The standard InChI is InChI=1S/C11H16FN3O.HI/c12-9-3-5-10(6-4-9)16-8-2-1-7-15-11(13)14;/h3-6H,1-2,7-8H2,(H4,13,14,15);1H. The van der Waals surface area contributed by atoms with Gasteiger partial charge in [0.15, 0.2) is 5.96 Å². The molecule has 1 aromatic rings. The van der Waals surface area contributed by atoms with Crippen molar-refractivity contribution >= 4 is 29.9 Å². The largest absolute Gasteiger partial charge is 0.494 e. The fourth-order valence-corrected chi connectivity index (χ4v) is 1.14. The van der Waals surface area contributed by atoms with Crippen LogP contribution in [0.2, 0.25) is 0 Å². The predicted octanol–water partition coefficient (Wildman–Crippen LogP) is 1.88. The second kappa shape index (κ2) is 9.03. The minimum absolute atomic E-state index is 0. The lowest BCUT2D eigenvalue weighted by molar-refractivity contribution is 0.307. The number of nitrogens with zero attached hydrogens (tertiary/aromatic N) is 1. The van der Waals surface area contributed by atoms with E-state index in [0.717, 1.165) is 12.8 Å². The van der Waals surface area contributed by atoms with Gasteiger partial charge in [-0.05, 0) is 37.1 Å². The quantitative estimate of drug-likeness (QED) is 0.355. The third-order valence-corrected chi connectivity index (χ3v) is 1.93. The number of rotatable bonds is 6. The van der Waals surface area contributed by atoms with Crippen LogP contribution < -0.4 is 16.2 Å². The van der Waals surface area contributed by atoms with Gasteiger partial charge in [0.1, 0.15) is 11.6 Å². The van der Waals surface area contributed by atoms with Gasteiger partial charge in [0.2, 0.25) is 0 Å². The highest BCUT2D eigenvalue weighted by molar-refractivity contribution is 14.0. The molecule has 6 heteroatoms. The summed E-state index contributed by atoms with van der Waals surface area (Å²) in [4.78, 5) is 3.85. The Hall–Kier alpha value is -1.05. The summed E-state index contributed by atoms with van der Waals surface area (Å²) >= 11 is 0. The molecule has 0 atom stereocenters. The monoisotopic (exact) mass is 353 g/mol. The average Bonchev–Trinajstić information content (AvgIpc) is 2.25. The van der Waals surface area contributed by atoms with Crippen LogP contribution in [0.15, 0.2) is 29.3 Å². The average molecular weight is 353 g/mol. The Kier molecular flexibility index (Phi) is 8.47. The molecule has 1 rings (SSSR count). The van der Waals surface area contributed by atoms with E-state index in [9.17, 15) is 4.39 Å². The molecule has 0 amide bonds. The first-order valence-electron chi connectivity index (χ1n) is 5.12. The zero-order chi connectivity index (χ0) is 11.8. The van der Waals surface area contributed by atoms with Gasteiger partial charge in [-0.15, -0.1) is 24.0 Å². The summed E-state index contributed by atoms with van der Waals surface area (Å²) in [6.07, 6.45) is 1.72. The van der Waals surface area contributed by atoms with E-state index in [-0.39, 0.29) is 35.8 Å². The van der Waals surface area contributed by atoms with E-state index >= 15 is 0 Å². The minimum atomic E-state index is -0.264. The summed E-state index contributed by atoms with van der Waals surface area (Å²) in [5.74, 6) is 0.516. The Morgan fingerprint density at radius 1 is 1.18 bits per heavy atom. The number of guanidine groups is 1. The van der Waals surface area contributed by atoms with E-state index in [1.54, 1.807) is 12.1 Å². The molecule has 0 spiro atoms. The van der Waals surface area contributed by atoms with Crippen molar-refractivity contribution in [3.8, 4) is 5.75 Å². The van der Waals surface area contributed by atoms with E-state index < -0.39 is 0 Å². The fourth-order valence-electron chi connectivity index (χ4n) is 1.14. The molecule has 1 aromatic carbocycles. The van der Waals surface area contributed by atoms with Crippen molar-refractivity contribution in [3.05, 3.63) is 30.1 Å². The van der Waals surface area contributed by atoms with Crippen LogP contribution in [0.5, 0.6) is 5.75 Å². The fraction of sp³-hybridized carbons (Fsp3) is 0.364. The Bertz CT molecular complexity index is 339. The SMILES string of the molecule is I.NC(N)=NCCCCOc1ccc(F)cc1. The van der Waals surface area contributed by atoms with Crippen molar-refractivity contribution < 1.29 is 9.13 Å². The smallest absolute Gasteiger partial charge is 0.185 e. The van der Waals surface area contributed by atoms with Crippen molar-refractivity contribution in [1.82, 2.24) is 0 Å². The van der Waals surface area contributed by atoms with Crippen LogP contribution in [0.25, 0.3) is 0 Å². The summed E-state index contributed by atoms with van der Waals surface area (Å²) in [5.41, 5.74) is 10.3. The molecule has 0 bridgehead atoms. The van der Waals surface area contributed by atoms with Crippen LogP contribution in [0.4, 0.5) is 4.39 Å². The first-order valence-corrected chi connectivity index (χ1v) is 5.12. The number of hydrogen-bond acceptors (Lipinski definition) is 2. The maximum absolute atomic E-state index is 12.6. The number of aliphatic imine (C=N–C) groups is 1. The van der Waals surface area contributed by atoms with E-state index in [0.29, 0.717) is 18.9 Å². The van der Waals surface area contributed by atoms with E-state index in [2.05, 4.69) is 4.99 Å². The molecule has 0 unspecified atom stereocenters. The summed E-state index contributed by atoms with van der Waals surface area (Å²) in [6.45, 7) is 1.18. The molecule has 0 heterocycles. The highest BCUT2D eigenvalue weighted by Crippen LogP contribution is 2.11. The molecule has 0 aliphatic heterocycles. The number of halogens is 2. The summed E-state index contributed by atoms with van der Waals surface area (Å²) in [5, 5.41) is 0. The molecular formula is C11H17FIN3O. The first-order chi connectivity index (χ1) is 7.68. The Morgan fingerprint density at radius 2 is 1.82 bits per heavy atom. The van der Waals surface area contributed by atoms with Crippen molar-refractivity contribution in [2.24, 2.45) is 16.5 Å². The van der Waals surface area contributed by atoms with Crippen LogP contribution in [0.1, 0.15) is 12.8 Å². The third-order valence-electron chi connectivity index (χ3n) is 1.93. The molecule has 0 saturated heterocycles. The maximum Gasteiger partial charge on any atom is 0.185 e. The Labute approximate surface area is 117 Å². The first kappa shape index (κ1) is 16.0. The molecule has 0 aliphatic carbocycles. The molecule has 4 nitrogen and oxygen atoms in total. The van der Waals surface area contributed by atoms with Crippen molar-refractivity contribution in [3.63, 3.8) is 0 Å². The highest BCUT2D eigenvalue weighted by Gasteiger charge is 1.94. The van der Waals surface area contributed by atoms with Gasteiger partial charge in [-0.3, -0.25) is 4.99 Å². The van der Waals surface area contributed by atoms with Gasteiger partial charge in [-0.25, -0.2) is 4.39 Å². The lowest BCUT2D eigenvalue weighted by Gasteiger charge is -2.04. The molecule has 17 heavy (non-hydrogen) atoms. The van der Waals surface area contributed by atoms with E-state index in [1.165, 1.54) is 12.1 Å². The molecule has 0 fully saturated rings. The molecule has 0 saturated carbocycles. The number of unbranched alkanes of at least 4 members (excludes halogenated alkanes) is 1. The van der Waals surface area contributed by atoms with Crippen molar-refractivity contribution in [2.75, 3.05) is 13.2 Å². The van der Waals surface area contributed by atoms with E-state index in [4.69, 9.17) is 16.2 Å². The van der Waals surface area contributed by atoms with E-state index in [1.807, 2.05) is 0 Å². The van der Waals surface area contributed by atoms with Crippen LogP contribution in [-0.2, 0) is 0 Å². The molecule has 0 radical (unpaired) electrons. The van der Waals surface area contributed by atoms with Crippen molar-refractivity contribution in [2.45, 2.75) is 12.8 Å². The summed E-state index contributed by atoms with van der Waals surface area (Å²) in [6, 6.07) is 5.94. The highest BCUT2D eigenvalue weighted by atomic mass is 127. The summed E-state index contributed by atoms with van der Waals surface area (Å²) in [7, 11) is 0. The summed E-state index contributed by atoms with van der Waals surface area (Å²) < 4.78 is 17.9. The predicted molar refractivity (Wildman–Crippen MR) is 77.2 cm³/mol. The maximum atomic E-state index is 12.6. The minimum Gasteiger partial charge on any atom is -0.494 e.